The zero-order valence-corrected chi connectivity index (χ0v) is 16.3. The van der Waals surface area contributed by atoms with Gasteiger partial charge in [-0.1, -0.05) is 64.6 Å². The normalized spacial score (nSPS) is 14.0. The number of ether oxygens (including phenoxy) is 2. The fourth-order valence-electron chi connectivity index (χ4n) is 1.80. The Balaban J connectivity index is 5.36. The quantitative estimate of drug-likeness (QED) is 0.346. The van der Waals surface area contributed by atoms with Crippen molar-refractivity contribution in [2.45, 2.75) is 42.7 Å². The Morgan fingerprint density at radius 3 is 1.71 bits per heavy atom. The van der Waals surface area contributed by atoms with Crippen molar-refractivity contribution < 1.29 is 19.1 Å². The van der Waals surface area contributed by atoms with Gasteiger partial charge in [0.1, 0.15) is 0 Å². The average molecular weight is 427 g/mol. The maximum absolute atomic E-state index is 12.1. The largest absolute Gasteiger partial charge is 0.465 e. The molecule has 0 aliphatic heterocycles. The minimum atomic E-state index is -1.50. The molecular formula is C13H20BrCl3O4. The summed E-state index contributed by atoms with van der Waals surface area (Å²) in [5.74, 6) is -2.39. The molecule has 0 radical (unpaired) electrons. The van der Waals surface area contributed by atoms with E-state index >= 15 is 0 Å². The predicted molar refractivity (Wildman–Crippen MR) is 88.2 cm³/mol. The van der Waals surface area contributed by atoms with Crippen LogP contribution < -0.4 is 0 Å². The van der Waals surface area contributed by atoms with Gasteiger partial charge in [-0.15, -0.1) is 0 Å². The molecule has 0 saturated heterocycles. The second kappa shape index (κ2) is 8.80. The Hall–Kier alpha value is 0.290. The highest BCUT2D eigenvalue weighted by molar-refractivity contribution is 9.09. The maximum Gasteiger partial charge on any atom is 0.320 e. The third kappa shape index (κ3) is 6.93. The molecule has 1 unspecified atom stereocenters. The van der Waals surface area contributed by atoms with E-state index < -0.39 is 31.9 Å². The third-order valence-corrected chi connectivity index (χ3v) is 4.97. The summed E-state index contributed by atoms with van der Waals surface area (Å²) in [6.45, 7) is 7.12. The predicted octanol–water partition coefficient (Wildman–Crippen LogP) is 4.28. The van der Waals surface area contributed by atoms with Crippen LogP contribution in [-0.4, -0.2) is 33.8 Å². The molecular weight excluding hydrogens is 406 g/mol. The molecule has 0 rings (SSSR count). The van der Waals surface area contributed by atoms with Crippen molar-refractivity contribution >= 4 is 62.7 Å². The van der Waals surface area contributed by atoms with Crippen molar-refractivity contribution in [3.05, 3.63) is 0 Å². The summed E-state index contributed by atoms with van der Waals surface area (Å²) < 4.78 is 8.46. The number of carbonyl (C=O) groups is 2. The van der Waals surface area contributed by atoms with Gasteiger partial charge in [0.25, 0.3) is 0 Å². The van der Waals surface area contributed by atoms with Crippen LogP contribution in [0.15, 0.2) is 0 Å². The molecule has 0 aromatic heterocycles. The Morgan fingerprint density at radius 2 is 1.43 bits per heavy atom. The summed E-state index contributed by atoms with van der Waals surface area (Å²) in [4.78, 5) is 23.9. The van der Waals surface area contributed by atoms with Gasteiger partial charge in [-0.05, 0) is 13.8 Å². The topological polar surface area (TPSA) is 52.6 Å². The van der Waals surface area contributed by atoms with Crippen molar-refractivity contribution in [2.75, 3.05) is 13.2 Å². The van der Waals surface area contributed by atoms with E-state index in [-0.39, 0.29) is 19.6 Å². The molecule has 0 spiro atoms. The van der Waals surface area contributed by atoms with E-state index in [2.05, 4.69) is 15.9 Å². The lowest BCUT2D eigenvalue weighted by molar-refractivity contribution is -0.167. The van der Waals surface area contributed by atoms with Crippen LogP contribution in [0.25, 0.3) is 0 Å². The van der Waals surface area contributed by atoms with Crippen LogP contribution >= 0.6 is 50.7 Å². The first-order valence-corrected chi connectivity index (χ1v) is 8.56. The van der Waals surface area contributed by atoms with Crippen molar-refractivity contribution in [1.82, 2.24) is 0 Å². The molecule has 0 aliphatic rings. The summed E-state index contributed by atoms with van der Waals surface area (Å²) in [6, 6.07) is 0. The Kier molecular flexibility index (Phi) is 8.92. The van der Waals surface area contributed by atoms with Gasteiger partial charge in [0, 0.05) is 16.7 Å². The van der Waals surface area contributed by atoms with E-state index in [4.69, 9.17) is 44.3 Å². The first-order chi connectivity index (χ1) is 9.47. The molecule has 1 atom stereocenters. The van der Waals surface area contributed by atoms with Gasteiger partial charge < -0.3 is 9.47 Å². The van der Waals surface area contributed by atoms with E-state index in [1.807, 2.05) is 0 Å². The standard InChI is InChI=1S/C13H20BrCl3O4/c1-5-20-10(18)9(11(19)21-6-2)12(3,4)8(14)7-13(15,16)17/h8-9H,5-7H2,1-4H3. The van der Waals surface area contributed by atoms with Crippen molar-refractivity contribution in [3.8, 4) is 0 Å². The van der Waals surface area contributed by atoms with E-state index in [0.29, 0.717) is 0 Å². The first kappa shape index (κ1) is 21.3. The first-order valence-electron chi connectivity index (χ1n) is 6.51. The SMILES string of the molecule is CCOC(=O)C(C(=O)OCC)C(C)(C)C(Br)CC(Cl)(Cl)Cl. The summed E-state index contributed by atoms with van der Waals surface area (Å²) in [7, 11) is 0. The van der Waals surface area contributed by atoms with Crippen LogP contribution in [0.5, 0.6) is 0 Å². The van der Waals surface area contributed by atoms with Gasteiger partial charge in [0.2, 0.25) is 0 Å². The lowest BCUT2D eigenvalue weighted by atomic mass is 9.75. The molecule has 4 nitrogen and oxygen atoms in total. The fourth-order valence-corrected chi connectivity index (χ4v) is 3.57. The molecule has 0 aliphatic carbocycles. The Bertz CT molecular complexity index is 351. The summed E-state index contributed by atoms with van der Waals surface area (Å²) in [5.41, 5.74) is -0.859. The molecule has 0 amide bonds. The average Bonchev–Trinajstić information content (AvgIpc) is 2.26. The minimum absolute atomic E-state index is 0.125. The van der Waals surface area contributed by atoms with Crippen molar-refractivity contribution in [3.63, 3.8) is 0 Å². The number of rotatable bonds is 7. The summed E-state index contributed by atoms with van der Waals surface area (Å²) in [6.07, 6.45) is 0.125. The van der Waals surface area contributed by atoms with E-state index in [1.165, 1.54) is 0 Å². The molecule has 0 aromatic rings. The van der Waals surface area contributed by atoms with Crippen LogP contribution in [-0.2, 0) is 19.1 Å². The van der Waals surface area contributed by atoms with Gasteiger partial charge in [-0.2, -0.15) is 0 Å². The summed E-state index contributed by atoms with van der Waals surface area (Å²) >= 11 is 20.8. The molecule has 8 heteroatoms. The van der Waals surface area contributed by atoms with Gasteiger partial charge >= 0.3 is 11.9 Å². The minimum Gasteiger partial charge on any atom is -0.465 e. The number of carbonyl (C=O) groups excluding carboxylic acids is 2. The van der Waals surface area contributed by atoms with Crippen LogP contribution in [0.4, 0.5) is 0 Å². The number of halogens is 4. The molecule has 0 fully saturated rings. The van der Waals surface area contributed by atoms with Gasteiger partial charge in [0.05, 0.1) is 13.2 Å². The number of hydrogen-bond donors (Lipinski definition) is 0. The Morgan fingerprint density at radius 1 is 1.05 bits per heavy atom. The van der Waals surface area contributed by atoms with E-state index in [1.54, 1.807) is 27.7 Å². The van der Waals surface area contributed by atoms with Crippen LogP contribution in [0.1, 0.15) is 34.1 Å². The lowest BCUT2D eigenvalue weighted by Crippen LogP contribution is -2.45. The molecule has 0 N–H and O–H groups in total. The lowest BCUT2D eigenvalue weighted by Gasteiger charge is -2.36. The number of esters is 2. The van der Waals surface area contributed by atoms with Crippen LogP contribution in [0.3, 0.4) is 0 Å². The monoisotopic (exact) mass is 424 g/mol. The Labute approximate surface area is 148 Å². The van der Waals surface area contributed by atoms with Crippen LogP contribution in [0.2, 0.25) is 0 Å². The number of alkyl halides is 4. The zero-order chi connectivity index (χ0) is 16.8. The molecule has 0 saturated carbocycles. The van der Waals surface area contributed by atoms with Crippen molar-refractivity contribution in [1.29, 1.82) is 0 Å². The van der Waals surface area contributed by atoms with Crippen LogP contribution in [0, 0.1) is 11.3 Å². The second-order valence-corrected chi connectivity index (χ2v) is 8.67. The van der Waals surface area contributed by atoms with E-state index in [0.717, 1.165) is 0 Å². The highest BCUT2D eigenvalue weighted by Crippen LogP contribution is 2.44. The highest BCUT2D eigenvalue weighted by Gasteiger charge is 2.48. The third-order valence-electron chi connectivity index (χ3n) is 3.01. The molecule has 0 aromatic carbocycles. The summed E-state index contributed by atoms with van der Waals surface area (Å²) in [5, 5.41) is 0. The van der Waals surface area contributed by atoms with Gasteiger partial charge in [-0.3, -0.25) is 9.59 Å². The van der Waals surface area contributed by atoms with Gasteiger partial charge in [0.15, 0.2) is 9.71 Å². The van der Waals surface area contributed by atoms with E-state index in [9.17, 15) is 9.59 Å². The fraction of sp³-hybridized carbons (Fsp3) is 0.846. The highest BCUT2D eigenvalue weighted by atomic mass is 79.9. The van der Waals surface area contributed by atoms with Crippen molar-refractivity contribution in [2.24, 2.45) is 11.3 Å². The zero-order valence-electron chi connectivity index (χ0n) is 12.4. The molecule has 0 bridgehead atoms. The second-order valence-electron chi connectivity index (χ2n) is 5.05. The smallest absolute Gasteiger partial charge is 0.320 e. The maximum atomic E-state index is 12.1. The van der Waals surface area contributed by atoms with Gasteiger partial charge in [-0.25, -0.2) is 0 Å². The molecule has 21 heavy (non-hydrogen) atoms. The number of hydrogen-bond acceptors (Lipinski definition) is 4. The molecule has 124 valence electrons. The molecule has 0 heterocycles.